The van der Waals surface area contributed by atoms with Gasteiger partial charge in [0.05, 0.1) is 24.9 Å². The summed E-state index contributed by atoms with van der Waals surface area (Å²) in [5.41, 5.74) is 1.97. The minimum atomic E-state index is -0.00335. The van der Waals surface area contributed by atoms with Gasteiger partial charge in [-0.3, -0.25) is 4.79 Å². The van der Waals surface area contributed by atoms with Gasteiger partial charge in [0.25, 0.3) is 5.56 Å². The van der Waals surface area contributed by atoms with E-state index in [4.69, 9.17) is 4.74 Å². The highest BCUT2D eigenvalue weighted by atomic mass is 16.5. The Morgan fingerprint density at radius 3 is 2.86 bits per heavy atom. The molecule has 144 valence electrons. The lowest BCUT2D eigenvalue weighted by atomic mass is 9.91. The minimum Gasteiger partial charge on any atom is -0.376 e. The Labute approximate surface area is 163 Å². The highest BCUT2D eigenvalue weighted by Gasteiger charge is 2.25. The second-order valence-corrected chi connectivity index (χ2v) is 7.73. The molecule has 5 rings (SSSR count). The molecule has 1 aliphatic carbocycles. The monoisotopic (exact) mass is 376 g/mol. The maximum atomic E-state index is 12.5. The van der Waals surface area contributed by atoms with Gasteiger partial charge in [0.1, 0.15) is 5.82 Å². The Kier molecular flexibility index (Phi) is 4.56. The van der Waals surface area contributed by atoms with Crippen LogP contribution in [0, 0.1) is 0 Å². The summed E-state index contributed by atoms with van der Waals surface area (Å²) in [4.78, 5) is 17.1. The predicted octanol–water partition coefficient (Wildman–Crippen LogP) is 3.46. The topological polar surface area (TPSA) is 69.0 Å². The Bertz CT molecular complexity index is 1050. The second kappa shape index (κ2) is 7.36. The fraction of sp³-hybridized carbons (Fsp3) is 0.409. The van der Waals surface area contributed by atoms with E-state index in [1.54, 1.807) is 10.7 Å². The summed E-state index contributed by atoms with van der Waals surface area (Å²) in [7, 11) is 0. The van der Waals surface area contributed by atoms with Crippen LogP contribution >= 0.6 is 0 Å². The van der Waals surface area contributed by atoms with E-state index in [1.165, 1.54) is 5.39 Å². The molecule has 0 atom stereocenters. The molecule has 0 unspecified atom stereocenters. The molecule has 0 amide bonds. The number of rotatable bonds is 3. The zero-order chi connectivity index (χ0) is 18.9. The molecule has 0 radical (unpaired) electrons. The van der Waals surface area contributed by atoms with E-state index in [9.17, 15) is 4.79 Å². The molecule has 0 spiro atoms. The first-order chi connectivity index (χ1) is 13.8. The molecule has 1 saturated carbocycles. The molecule has 28 heavy (non-hydrogen) atoms. The number of fused-ring (bicyclic) bond motifs is 2. The third-order valence-electron chi connectivity index (χ3n) is 5.92. The summed E-state index contributed by atoms with van der Waals surface area (Å²) in [5.74, 6) is 0.950. The molecule has 2 aliphatic rings. The fourth-order valence-corrected chi connectivity index (χ4v) is 4.38. The summed E-state index contributed by atoms with van der Waals surface area (Å²) in [6.07, 6.45) is 6.55. The first-order valence-electron chi connectivity index (χ1n) is 10.1. The van der Waals surface area contributed by atoms with Gasteiger partial charge in [-0.1, -0.05) is 24.3 Å². The average molecular weight is 376 g/mol. The number of anilines is 1. The number of pyridine rings is 1. The van der Waals surface area contributed by atoms with Gasteiger partial charge < -0.3 is 10.1 Å². The van der Waals surface area contributed by atoms with Crippen LogP contribution in [0.1, 0.15) is 43.0 Å². The third-order valence-corrected chi connectivity index (χ3v) is 5.92. The van der Waals surface area contributed by atoms with E-state index in [2.05, 4.69) is 27.5 Å². The molecule has 1 aliphatic heterocycles. The molecular formula is C22H24N4O2. The Morgan fingerprint density at radius 1 is 1.11 bits per heavy atom. The average Bonchev–Trinajstić information content (AvgIpc) is 2.74. The van der Waals surface area contributed by atoms with Crippen LogP contribution in [0.2, 0.25) is 0 Å². The van der Waals surface area contributed by atoms with Crippen molar-refractivity contribution in [1.29, 1.82) is 0 Å². The number of hydrogen-bond acceptors (Lipinski definition) is 5. The standard InChI is InChI=1S/C22H24N4O2/c27-21-13-16-14-28-12-10-20(16)25-26(21)18-7-5-17(6-8-18)24-22-19-4-2-1-3-15(19)9-11-23-22/h1-4,9,11,13,17-18H,5-8,10,12,14H2,(H,23,24). The predicted molar refractivity (Wildman–Crippen MR) is 109 cm³/mol. The number of hydrogen-bond donors (Lipinski definition) is 1. The lowest BCUT2D eigenvalue weighted by Crippen LogP contribution is -2.35. The molecule has 3 aromatic rings. The van der Waals surface area contributed by atoms with Gasteiger partial charge in [0.15, 0.2) is 0 Å². The van der Waals surface area contributed by atoms with Crippen molar-refractivity contribution in [2.24, 2.45) is 0 Å². The van der Waals surface area contributed by atoms with Gasteiger partial charge in [-0.25, -0.2) is 9.67 Å². The third kappa shape index (κ3) is 3.29. The van der Waals surface area contributed by atoms with Crippen molar-refractivity contribution in [3.63, 3.8) is 0 Å². The van der Waals surface area contributed by atoms with Crippen LogP contribution < -0.4 is 10.9 Å². The van der Waals surface area contributed by atoms with Crippen molar-refractivity contribution >= 4 is 16.6 Å². The van der Waals surface area contributed by atoms with Crippen LogP contribution in [0.15, 0.2) is 47.4 Å². The molecular weight excluding hydrogens is 352 g/mol. The minimum absolute atomic E-state index is 0.00335. The zero-order valence-corrected chi connectivity index (χ0v) is 15.8. The molecule has 2 aromatic heterocycles. The number of nitrogens with zero attached hydrogens (tertiary/aromatic N) is 3. The van der Waals surface area contributed by atoms with Crippen molar-refractivity contribution in [2.75, 3.05) is 11.9 Å². The van der Waals surface area contributed by atoms with Gasteiger partial charge >= 0.3 is 0 Å². The number of benzene rings is 1. The van der Waals surface area contributed by atoms with Crippen molar-refractivity contribution in [3.05, 3.63) is 64.2 Å². The molecule has 6 nitrogen and oxygen atoms in total. The van der Waals surface area contributed by atoms with E-state index in [-0.39, 0.29) is 11.6 Å². The first kappa shape index (κ1) is 17.4. The Morgan fingerprint density at radius 2 is 1.96 bits per heavy atom. The normalized spacial score (nSPS) is 22.0. The first-order valence-corrected chi connectivity index (χ1v) is 10.1. The highest BCUT2D eigenvalue weighted by molar-refractivity contribution is 5.91. The highest BCUT2D eigenvalue weighted by Crippen LogP contribution is 2.30. The fourth-order valence-electron chi connectivity index (χ4n) is 4.38. The summed E-state index contributed by atoms with van der Waals surface area (Å²) >= 11 is 0. The smallest absolute Gasteiger partial charge is 0.267 e. The molecule has 0 saturated heterocycles. The van der Waals surface area contributed by atoms with E-state index >= 15 is 0 Å². The van der Waals surface area contributed by atoms with Crippen LogP contribution in [0.5, 0.6) is 0 Å². The number of ether oxygens (including phenoxy) is 1. The van der Waals surface area contributed by atoms with Crippen molar-refractivity contribution in [3.8, 4) is 0 Å². The molecule has 1 N–H and O–H groups in total. The van der Waals surface area contributed by atoms with Crippen LogP contribution in [-0.4, -0.2) is 27.4 Å². The van der Waals surface area contributed by atoms with E-state index < -0.39 is 0 Å². The Hall–Kier alpha value is -2.73. The van der Waals surface area contributed by atoms with Crippen molar-refractivity contribution < 1.29 is 4.74 Å². The van der Waals surface area contributed by atoms with Crippen LogP contribution in [0.3, 0.4) is 0 Å². The van der Waals surface area contributed by atoms with Gasteiger partial charge in [-0.05, 0) is 37.1 Å². The van der Waals surface area contributed by atoms with Gasteiger partial charge in [0, 0.05) is 35.7 Å². The number of aromatic nitrogens is 3. The number of nitrogens with one attached hydrogen (secondary N) is 1. The van der Waals surface area contributed by atoms with Gasteiger partial charge in [-0.15, -0.1) is 0 Å². The maximum absolute atomic E-state index is 12.5. The van der Waals surface area contributed by atoms with E-state index in [1.807, 2.05) is 24.4 Å². The van der Waals surface area contributed by atoms with Crippen LogP contribution in [-0.2, 0) is 17.8 Å². The molecule has 1 aromatic carbocycles. The summed E-state index contributed by atoms with van der Waals surface area (Å²) < 4.78 is 7.15. The molecule has 0 bridgehead atoms. The van der Waals surface area contributed by atoms with E-state index in [0.29, 0.717) is 19.3 Å². The Balaban J connectivity index is 1.30. The van der Waals surface area contributed by atoms with E-state index in [0.717, 1.165) is 54.6 Å². The lowest BCUT2D eigenvalue weighted by Gasteiger charge is -2.30. The second-order valence-electron chi connectivity index (χ2n) is 7.73. The molecule has 1 fully saturated rings. The van der Waals surface area contributed by atoms with Crippen LogP contribution in [0.4, 0.5) is 5.82 Å². The molecule has 3 heterocycles. The summed E-state index contributed by atoms with van der Waals surface area (Å²) in [6.45, 7) is 1.19. The maximum Gasteiger partial charge on any atom is 0.267 e. The quantitative estimate of drug-likeness (QED) is 0.758. The summed E-state index contributed by atoms with van der Waals surface area (Å²) in [5, 5.41) is 10.7. The SMILES string of the molecule is O=c1cc2c(nn1C1CCC(Nc3nccc4ccccc34)CC1)CCOC2. The van der Waals surface area contributed by atoms with Gasteiger partial charge in [0.2, 0.25) is 0 Å². The molecule has 6 heteroatoms. The van der Waals surface area contributed by atoms with Crippen molar-refractivity contribution in [2.45, 2.75) is 50.8 Å². The lowest BCUT2D eigenvalue weighted by molar-refractivity contribution is 0.107. The zero-order valence-electron chi connectivity index (χ0n) is 15.8. The van der Waals surface area contributed by atoms with Gasteiger partial charge in [-0.2, -0.15) is 5.10 Å². The van der Waals surface area contributed by atoms with Crippen LogP contribution in [0.25, 0.3) is 10.8 Å². The summed E-state index contributed by atoms with van der Waals surface area (Å²) in [6, 6.07) is 12.6. The largest absolute Gasteiger partial charge is 0.376 e. The van der Waals surface area contributed by atoms with Crippen molar-refractivity contribution in [1.82, 2.24) is 14.8 Å².